The third-order valence-corrected chi connectivity index (χ3v) is 0.800. The van der Waals surface area contributed by atoms with Crippen LogP contribution in [0.2, 0.25) is 0 Å². The van der Waals surface area contributed by atoms with E-state index in [1.165, 1.54) is 18.1 Å². The Morgan fingerprint density at radius 2 is 2.57 bits per heavy atom. The Morgan fingerprint density at radius 3 is 3.00 bits per heavy atom. The van der Waals surface area contributed by atoms with Crippen LogP contribution < -0.4 is 4.72 Å². The number of hydrogen-bond acceptors (Lipinski definition) is 3. The largest absolute Gasteiger partial charge is 0.262 e. The Bertz CT molecular complexity index is 70.1. The topological polar surface area (TPSA) is 24.4 Å². The molecule has 0 unspecified atom stereocenters. The minimum atomic E-state index is 1.42. The molecule has 0 aromatic heterocycles. The zero-order chi connectivity index (χ0) is 5.54. The van der Waals surface area contributed by atoms with Gasteiger partial charge in [0, 0.05) is 6.20 Å². The lowest BCUT2D eigenvalue weighted by Crippen LogP contribution is -1.88. The number of rotatable bonds is 3. The van der Waals surface area contributed by atoms with Crippen LogP contribution in [-0.4, -0.2) is 12.6 Å². The Morgan fingerprint density at radius 1 is 1.86 bits per heavy atom. The van der Waals surface area contributed by atoms with Gasteiger partial charge in [0.25, 0.3) is 0 Å². The van der Waals surface area contributed by atoms with Crippen molar-refractivity contribution >= 4 is 17.5 Å². The zero-order valence-electron chi connectivity index (χ0n) is 4.22. The molecular weight excluding hydrogens is 108 g/mol. The maximum atomic E-state index is 3.70. The van der Waals surface area contributed by atoms with E-state index in [0.29, 0.717) is 0 Å². The molecule has 0 aliphatic heterocycles. The summed E-state index contributed by atoms with van der Waals surface area (Å²) in [6.45, 7) is 3.39. The predicted molar refractivity (Wildman–Crippen MR) is 35.3 cm³/mol. The molecule has 0 fully saturated rings. The van der Waals surface area contributed by atoms with Crippen LogP contribution >= 0.6 is 11.9 Å². The van der Waals surface area contributed by atoms with Crippen molar-refractivity contribution in [2.75, 3.05) is 7.05 Å². The first-order chi connectivity index (χ1) is 3.41. The molecule has 0 saturated heterocycles. The summed E-state index contributed by atoms with van der Waals surface area (Å²) in [5.41, 5.74) is 1.67. The van der Waals surface area contributed by atoms with E-state index >= 15 is 0 Å². The molecule has 0 amide bonds. The number of nitrogens with zero attached hydrogens (tertiary/aromatic N) is 1. The van der Waals surface area contributed by atoms with Gasteiger partial charge in [-0.05, 0) is 19.0 Å². The molecule has 7 heavy (non-hydrogen) atoms. The molecule has 1 N–H and O–H groups in total. The van der Waals surface area contributed by atoms with Crippen LogP contribution in [0.3, 0.4) is 0 Å². The van der Waals surface area contributed by atoms with Gasteiger partial charge in [-0.15, -0.1) is 0 Å². The van der Waals surface area contributed by atoms with E-state index in [0.717, 1.165) is 0 Å². The lowest BCUT2D eigenvalue weighted by molar-refractivity contribution is 1.31. The molecular formula is C4H8N2S. The highest BCUT2D eigenvalue weighted by molar-refractivity contribution is 8.10. The normalized spacial score (nSPS) is 9.86. The molecule has 0 aromatic carbocycles. The summed E-state index contributed by atoms with van der Waals surface area (Å²) < 4.78 is 2.82. The zero-order valence-corrected chi connectivity index (χ0v) is 5.03. The van der Waals surface area contributed by atoms with Gasteiger partial charge >= 0.3 is 0 Å². The molecule has 2 nitrogen and oxygen atoms in total. The van der Waals surface area contributed by atoms with E-state index in [4.69, 9.17) is 0 Å². The summed E-state index contributed by atoms with van der Waals surface area (Å²) in [6, 6.07) is 0. The first kappa shape index (κ1) is 6.72. The fourth-order valence-electron chi connectivity index (χ4n) is 0.126. The first-order valence-electron chi connectivity index (χ1n) is 1.86. The molecule has 0 radical (unpaired) electrons. The summed E-state index contributed by atoms with van der Waals surface area (Å²) in [5.74, 6) is 0. The maximum Gasteiger partial charge on any atom is 0.0748 e. The van der Waals surface area contributed by atoms with Crippen LogP contribution in [0, 0.1) is 0 Å². The summed E-state index contributed by atoms with van der Waals surface area (Å²) >= 11 is 1.42. The highest BCUT2D eigenvalue weighted by atomic mass is 32.2. The molecule has 0 rings (SSSR count). The average Bonchev–Trinajstić information content (AvgIpc) is 1.69. The summed E-state index contributed by atoms with van der Waals surface area (Å²) in [7, 11) is 1.83. The molecule has 40 valence electrons. The predicted octanol–water partition coefficient (Wildman–Crippen LogP) is 1.03. The van der Waals surface area contributed by atoms with Crippen molar-refractivity contribution in [3.8, 4) is 0 Å². The third kappa shape index (κ3) is 5.72. The molecule has 0 atom stereocenters. The van der Waals surface area contributed by atoms with E-state index in [1.54, 1.807) is 5.55 Å². The fraction of sp³-hybridized carbons (Fsp3) is 0.250. The van der Waals surface area contributed by atoms with Crippen molar-refractivity contribution in [1.82, 2.24) is 4.72 Å². The second kappa shape index (κ2) is 5.72. The van der Waals surface area contributed by atoms with Crippen molar-refractivity contribution < 1.29 is 0 Å². The van der Waals surface area contributed by atoms with Gasteiger partial charge in [0.1, 0.15) is 0 Å². The van der Waals surface area contributed by atoms with Crippen LogP contribution in [0.4, 0.5) is 0 Å². The van der Waals surface area contributed by atoms with Crippen LogP contribution in [-0.2, 0) is 0 Å². The van der Waals surface area contributed by atoms with Crippen molar-refractivity contribution in [3.05, 3.63) is 12.8 Å². The van der Waals surface area contributed by atoms with Crippen molar-refractivity contribution in [2.45, 2.75) is 0 Å². The molecule has 0 spiro atoms. The maximum absolute atomic E-state index is 3.70. The van der Waals surface area contributed by atoms with Crippen LogP contribution in [0.1, 0.15) is 0 Å². The minimum absolute atomic E-state index is 1.42. The van der Waals surface area contributed by atoms with E-state index in [9.17, 15) is 0 Å². The Kier molecular flexibility index (Phi) is 5.49. The van der Waals surface area contributed by atoms with Gasteiger partial charge < -0.3 is 0 Å². The summed E-state index contributed by atoms with van der Waals surface area (Å²) in [6.07, 6.45) is 1.49. The van der Waals surface area contributed by atoms with Gasteiger partial charge in [0.15, 0.2) is 0 Å². The molecule has 0 bridgehead atoms. The van der Waals surface area contributed by atoms with Gasteiger partial charge in [0.2, 0.25) is 0 Å². The van der Waals surface area contributed by atoms with Crippen molar-refractivity contribution in [3.63, 3.8) is 0 Å². The molecule has 0 aromatic rings. The standard InChI is InChI=1S/C4H8N2S/c1-3-6-4-7-5-2/h3-5H,1H2,2H3/b6-4-. The minimum Gasteiger partial charge on any atom is -0.262 e. The Labute approximate surface area is 47.8 Å². The van der Waals surface area contributed by atoms with Crippen molar-refractivity contribution in [1.29, 1.82) is 0 Å². The van der Waals surface area contributed by atoms with E-state index in [2.05, 4.69) is 16.3 Å². The lowest BCUT2D eigenvalue weighted by Gasteiger charge is -1.80. The monoisotopic (exact) mass is 116 g/mol. The van der Waals surface area contributed by atoms with Gasteiger partial charge in [-0.2, -0.15) is 0 Å². The molecule has 0 aliphatic rings. The quantitative estimate of drug-likeness (QED) is 0.338. The van der Waals surface area contributed by atoms with Gasteiger partial charge in [0.05, 0.1) is 5.55 Å². The highest BCUT2D eigenvalue weighted by Crippen LogP contribution is 1.81. The number of nitrogens with one attached hydrogen (secondary N) is 1. The Balaban J connectivity index is 2.92. The van der Waals surface area contributed by atoms with E-state index in [-0.39, 0.29) is 0 Å². The molecule has 0 aliphatic carbocycles. The third-order valence-electron chi connectivity index (χ3n) is 0.337. The summed E-state index contributed by atoms with van der Waals surface area (Å²) in [5, 5.41) is 0. The molecule has 0 heterocycles. The van der Waals surface area contributed by atoms with E-state index < -0.39 is 0 Å². The second-order valence-corrected chi connectivity index (χ2v) is 1.61. The van der Waals surface area contributed by atoms with Crippen LogP contribution in [0.15, 0.2) is 17.8 Å². The highest BCUT2D eigenvalue weighted by Gasteiger charge is 1.64. The molecule has 0 saturated carbocycles. The Hall–Kier alpha value is -0.280. The van der Waals surface area contributed by atoms with Gasteiger partial charge in [-0.1, -0.05) is 6.58 Å². The smallest absolute Gasteiger partial charge is 0.0748 e. The first-order valence-corrected chi connectivity index (χ1v) is 2.74. The average molecular weight is 116 g/mol. The molecule has 3 heteroatoms. The van der Waals surface area contributed by atoms with Gasteiger partial charge in [-0.25, -0.2) is 0 Å². The SMILES string of the molecule is C=C/N=C\SNC. The number of hydrogen-bond donors (Lipinski definition) is 1. The van der Waals surface area contributed by atoms with E-state index in [1.807, 2.05) is 7.05 Å². The lowest BCUT2D eigenvalue weighted by atomic mass is 11.1. The van der Waals surface area contributed by atoms with Crippen LogP contribution in [0.25, 0.3) is 0 Å². The van der Waals surface area contributed by atoms with Crippen molar-refractivity contribution in [2.24, 2.45) is 4.99 Å². The van der Waals surface area contributed by atoms with Gasteiger partial charge in [-0.3, -0.25) is 9.71 Å². The van der Waals surface area contributed by atoms with Crippen LogP contribution in [0.5, 0.6) is 0 Å². The summed E-state index contributed by atoms with van der Waals surface area (Å²) in [4.78, 5) is 3.70. The number of aliphatic imine (C=N–C) groups is 1. The fourth-order valence-corrected chi connectivity index (χ4v) is 0.379. The second-order valence-electron chi connectivity index (χ2n) is 0.759.